The Balaban J connectivity index is 1.67. The SMILES string of the molecule is C1=[N+](c2ccccc2)CSc2c1cccc2-c1cccc2ccccc12. The molecule has 4 aromatic carbocycles. The van der Waals surface area contributed by atoms with E-state index in [0.717, 1.165) is 5.88 Å². The van der Waals surface area contributed by atoms with E-state index in [9.17, 15) is 0 Å². The fraction of sp³-hybridized carbons (Fsp3) is 0.0417. The lowest BCUT2D eigenvalue weighted by Gasteiger charge is -2.17. The van der Waals surface area contributed by atoms with Crippen molar-refractivity contribution >= 4 is 34.4 Å². The molecule has 1 aliphatic rings. The molecule has 4 aromatic rings. The van der Waals surface area contributed by atoms with Crippen LogP contribution in [0.4, 0.5) is 5.69 Å². The van der Waals surface area contributed by atoms with Gasteiger partial charge in [-0.2, -0.15) is 4.58 Å². The van der Waals surface area contributed by atoms with Crippen LogP contribution in [0.15, 0.2) is 95.9 Å². The monoisotopic (exact) mass is 352 g/mol. The number of thioether (sulfide) groups is 1. The Kier molecular flexibility index (Phi) is 3.84. The van der Waals surface area contributed by atoms with Crippen LogP contribution in [0.5, 0.6) is 0 Å². The van der Waals surface area contributed by atoms with Crippen molar-refractivity contribution in [2.75, 3.05) is 5.88 Å². The third kappa shape index (κ3) is 2.63. The zero-order valence-corrected chi connectivity index (χ0v) is 15.1. The lowest BCUT2D eigenvalue weighted by atomic mass is 9.97. The van der Waals surface area contributed by atoms with Crippen LogP contribution in [-0.4, -0.2) is 16.7 Å². The molecule has 0 aromatic heterocycles. The van der Waals surface area contributed by atoms with Crippen molar-refractivity contribution in [2.24, 2.45) is 0 Å². The smallest absolute Gasteiger partial charge is 0.188 e. The van der Waals surface area contributed by atoms with E-state index in [1.165, 1.54) is 38.0 Å². The van der Waals surface area contributed by atoms with Gasteiger partial charge in [0.15, 0.2) is 12.1 Å². The maximum Gasteiger partial charge on any atom is 0.205 e. The molecule has 0 aliphatic carbocycles. The van der Waals surface area contributed by atoms with Gasteiger partial charge >= 0.3 is 0 Å². The molecule has 0 fully saturated rings. The van der Waals surface area contributed by atoms with Crippen molar-refractivity contribution in [1.82, 2.24) is 0 Å². The highest BCUT2D eigenvalue weighted by Gasteiger charge is 2.21. The molecule has 2 heteroatoms. The van der Waals surface area contributed by atoms with Gasteiger partial charge in [-0.15, -0.1) is 0 Å². The van der Waals surface area contributed by atoms with Gasteiger partial charge in [0, 0.05) is 17.0 Å². The maximum absolute atomic E-state index is 2.32. The molecule has 0 bridgehead atoms. The van der Waals surface area contributed by atoms with Crippen LogP contribution in [0.25, 0.3) is 21.9 Å². The first-order valence-electron chi connectivity index (χ1n) is 8.81. The Bertz CT molecular complexity index is 1120. The van der Waals surface area contributed by atoms with E-state index in [4.69, 9.17) is 0 Å². The van der Waals surface area contributed by atoms with Gasteiger partial charge in [-0.05, 0) is 28.0 Å². The molecule has 0 amide bonds. The van der Waals surface area contributed by atoms with Crippen LogP contribution < -0.4 is 0 Å². The van der Waals surface area contributed by atoms with E-state index >= 15 is 0 Å². The fourth-order valence-electron chi connectivity index (χ4n) is 3.60. The van der Waals surface area contributed by atoms with Crippen molar-refractivity contribution in [3.63, 3.8) is 0 Å². The van der Waals surface area contributed by atoms with Gasteiger partial charge in [0.05, 0.1) is 5.56 Å². The standard InChI is InChI=1S/C24H18NS/c1-2-11-20(12-3-1)25-16-19-10-7-15-23(24(19)26-17-25)22-14-6-9-18-8-4-5-13-21(18)22/h1-16H,17H2/q+1. The van der Waals surface area contributed by atoms with Crippen LogP contribution in [0.3, 0.4) is 0 Å². The second kappa shape index (κ2) is 6.47. The highest BCUT2D eigenvalue weighted by atomic mass is 32.2. The molecule has 0 spiro atoms. The minimum Gasteiger partial charge on any atom is -0.188 e. The summed E-state index contributed by atoms with van der Waals surface area (Å²) in [5.41, 5.74) is 5.17. The van der Waals surface area contributed by atoms with Crippen molar-refractivity contribution in [3.05, 3.63) is 96.6 Å². The zero-order chi connectivity index (χ0) is 17.3. The van der Waals surface area contributed by atoms with E-state index in [-0.39, 0.29) is 0 Å². The van der Waals surface area contributed by atoms with E-state index < -0.39 is 0 Å². The third-order valence-corrected chi connectivity index (χ3v) is 6.01. The summed E-state index contributed by atoms with van der Waals surface area (Å²) < 4.78 is 2.32. The highest BCUT2D eigenvalue weighted by molar-refractivity contribution is 7.99. The van der Waals surface area contributed by atoms with E-state index in [2.05, 4.69) is 102 Å². The normalized spacial score (nSPS) is 13.3. The lowest BCUT2D eigenvalue weighted by molar-refractivity contribution is -0.411. The molecule has 0 atom stereocenters. The van der Waals surface area contributed by atoms with Crippen LogP contribution in [0, 0.1) is 0 Å². The zero-order valence-electron chi connectivity index (χ0n) is 14.3. The number of hydrogen-bond acceptors (Lipinski definition) is 1. The van der Waals surface area contributed by atoms with E-state index in [1.807, 2.05) is 11.8 Å². The van der Waals surface area contributed by atoms with Crippen LogP contribution in [0.1, 0.15) is 5.56 Å². The molecule has 5 rings (SSSR count). The summed E-state index contributed by atoms with van der Waals surface area (Å²) in [7, 11) is 0. The average Bonchev–Trinajstić information content (AvgIpc) is 2.73. The highest BCUT2D eigenvalue weighted by Crippen LogP contribution is 2.39. The Morgan fingerprint density at radius 2 is 1.38 bits per heavy atom. The second-order valence-corrected chi connectivity index (χ2v) is 7.41. The average molecular weight is 352 g/mol. The first-order chi connectivity index (χ1) is 12.9. The Morgan fingerprint density at radius 1 is 0.654 bits per heavy atom. The molecule has 0 radical (unpaired) electrons. The number of rotatable bonds is 2. The predicted molar refractivity (Wildman–Crippen MR) is 112 cm³/mol. The first-order valence-corrected chi connectivity index (χ1v) is 9.79. The summed E-state index contributed by atoms with van der Waals surface area (Å²) in [6.07, 6.45) is 2.27. The molecule has 1 nitrogen and oxygen atoms in total. The molecule has 0 N–H and O–H groups in total. The predicted octanol–water partition coefficient (Wildman–Crippen LogP) is 6.33. The van der Waals surface area contributed by atoms with Gasteiger partial charge < -0.3 is 0 Å². The molecule has 0 unspecified atom stereocenters. The number of para-hydroxylation sites is 1. The van der Waals surface area contributed by atoms with E-state index in [1.54, 1.807) is 0 Å². The van der Waals surface area contributed by atoms with Crippen LogP contribution in [-0.2, 0) is 0 Å². The summed E-state index contributed by atoms with van der Waals surface area (Å²) in [5.74, 6) is 0.929. The Hall–Kier alpha value is -2.84. The van der Waals surface area contributed by atoms with Crippen LogP contribution in [0.2, 0.25) is 0 Å². The summed E-state index contributed by atoms with van der Waals surface area (Å²) in [6, 6.07) is 32.4. The third-order valence-electron chi connectivity index (χ3n) is 4.86. The van der Waals surface area contributed by atoms with Crippen molar-refractivity contribution in [2.45, 2.75) is 4.90 Å². The first kappa shape index (κ1) is 15.4. The number of benzene rings is 4. The number of nitrogens with zero attached hydrogens (tertiary/aromatic N) is 1. The summed E-state index contributed by atoms with van der Waals surface area (Å²) in [6.45, 7) is 0. The van der Waals surface area contributed by atoms with Gasteiger partial charge in [-0.3, -0.25) is 0 Å². The van der Waals surface area contributed by atoms with Gasteiger partial charge in [0.1, 0.15) is 0 Å². The molecule has 0 saturated carbocycles. The van der Waals surface area contributed by atoms with E-state index in [0.29, 0.717) is 0 Å². The molecule has 124 valence electrons. The van der Waals surface area contributed by atoms with Crippen molar-refractivity contribution < 1.29 is 4.58 Å². The van der Waals surface area contributed by atoms with Gasteiger partial charge in [0.2, 0.25) is 5.69 Å². The van der Waals surface area contributed by atoms with Crippen LogP contribution >= 0.6 is 11.8 Å². The largest absolute Gasteiger partial charge is 0.205 e. The Morgan fingerprint density at radius 3 is 2.31 bits per heavy atom. The molecular formula is C24H18NS+. The number of fused-ring (bicyclic) bond motifs is 2. The minimum absolute atomic E-state index is 0.929. The fourth-order valence-corrected chi connectivity index (χ4v) is 4.71. The topological polar surface area (TPSA) is 3.01 Å². The summed E-state index contributed by atoms with van der Waals surface area (Å²) in [4.78, 5) is 1.37. The van der Waals surface area contributed by atoms with Crippen molar-refractivity contribution in [1.29, 1.82) is 0 Å². The molecular weight excluding hydrogens is 334 g/mol. The number of hydrogen-bond donors (Lipinski definition) is 0. The summed E-state index contributed by atoms with van der Waals surface area (Å²) >= 11 is 1.92. The quantitative estimate of drug-likeness (QED) is 0.381. The second-order valence-electron chi connectivity index (χ2n) is 6.46. The Labute approximate surface area is 157 Å². The lowest BCUT2D eigenvalue weighted by Crippen LogP contribution is -2.13. The van der Waals surface area contributed by atoms with Crippen molar-refractivity contribution in [3.8, 4) is 11.1 Å². The van der Waals surface area contributed by atoms with Gasteiger partial charge in [-0.25, -0.2) is 0 Å². The molecule has 0 saturated heterocycles. The molecule has 26 heavy (non-hydrogen) atoms. The minimum atomic E-state index is 0.929. The maximum atomic E-state index is 2.32. The summed E-state index contributed by atoms with van der Waals surface area (Å²) in [5, 5.41) is 2.60. The van der Waals surface area contributed by atoms with Gasteiger partial charge in [0.25, 0.3) is 0 Å². The van der Waals surface area contributed by atoms with Gasteiger partial charge in [-0.1, -0.05) is 84.6 Å². The molecule has 1 heterocycles. The molecule has 1 aliphatic heterocycles.